The molecule has 1 aromatic carbocycles. The van der Waals surface area contributed by atoms with Crippen molar-refractivity contribution in [2.45, 2.75) is 32.1 Å². The van der Waals surface area contributed by atoms with Gasteiger partial charge in [-0.1, -0.05) is 12.8 Å². The largest absolute Gasteiger partial charge is 0.491 e. The predicted molar refractivity (Wildman–Crippen MR) is 147 cm³/mol. The van der Waals surface area contributed by atoms with Crippen molar-refractivity contribution in [3.05, 3.63) is 30.2 Å². The van der Waals surface area contributed by atoms with E-state index in [1.54, 1.807) is 0 Å². The highest BCUT2D eigenvalue weighted by molar-refractivity contribution is 7.92. The van der Waals surface area contributed by atoms with Crippen LogP contribution >= 0.6 is 0 Å². The number of carbonyl (C=O) groups is 1. The number of carboxylic acids is 1. The molecular weight excluding hydrogens is 545 g/mol. The number of carboxylic acid groups (broad SMARTS) is 1. The molecule has 1 fully saturated rings. The molecule has 1 aliphatic heterocycles. The molecule has 1 saturated heterocycles. The first-order valence-corrected chi connectivity index (χ1v) is 14.7. The minimum absolute atomic E-state index is 0.0690. The Labute approximate surface area is 231 Å². The highest BCUT2D eigenvalue weighted by atomic mass is 32.2. The number of rotatable bonds is 13. The van der Waals surface area contributed by atoms with Crippen LogP contribution in [0.15, 0.2) is 24.4 Å². The maximum absolute atomic E-state index is 14.9. The van der Waals surface area contributed by atoms with Gasteiger partial charge in [-0.3, -0.25) is 9.52 Å². The third-order valence-electron chi connectivity index (χ3n) is 6.17. The number of nitrogens with one attached hydrogen (secondary N) is 1. The van der Waals surface area contributed by atoms with Crippen molar-refractivity contribution >= 4 is 38.5 Å². The molecule has 2 N–H and O–H groups in total. The SMILES string of the molecule is COc1ncc(-c2nc(N3CCOCC3)nc3c(OCCCCCCC(=O)O)cc(F)cc23)cc1NS(C)(=O)=O. The molecule has 216 valence electrons. The van der Waals surface area contributed by atoms with Gasteiger partial charge in [0.1, 0.15) is 22.8 Å². The molecule has 0 spiro atoms. The summed E-state index contributed by atoms with van der Waals surface area (Å²) in [6, 6.07) is 4.11. The molecule has 0 unspecified atom stereocenters. The van der Waals surface area contributed by atoms with Crippen molar-refractivity contribution in [1.82, 2.24) is 15.0 Å². The Hall–Kier alpha value is -3.78. The summed E-state index contributed by atoms with van der Waals surface area (Å²) in [6.45, 7) is 2.40. The van der Waals surface area contributed by atoms with Crippen LogP contribution in [-0.4, -0.2) is 80.7 Å². The number of halogens is 1. The highest BCUT2D eigenvalue weighted by Gasteiger charge is 2.22. The Morgan fingerprint density at radius 3 is 2.60 bits per heavy atom. The van der Waals surface area contributed by atoms with Crippen LogP contribution in [-0.2, 0) is 19.6 Å². The summed E-state index contributed by atoms with van der Waals surface area (Å²) in [7, 11) is -2.27. The lowest BCUT2D eigenvalue weighted by molar-refractivity contribution is -0.137. The van der Waals surface area contributed by atoms with Crippen LogP contribution in [0.25, 0.3) is 22.2 Å². The number of fused-ring (bicyclic) bond motifs is 1. The van der Waals surface area contributed by atoms with E-state index in [4.69, 9.17) is 29.3 Å². The maximum atomic E-state index is 14.9. The number of pyridine rings is 1. The monoisotopic (exact) mass is 577 g/mol. The molecule has 14 heteroatoms. The predicted octanol–water partition coefficient (Wildman–Crippen LogP) is 3.46. The molecule has 0 bridgehead atoms. The first-order valence-electron chi connectivity index (χ1n) is 12.9. The summed E-state index contributed by atoms with van der Waals surface area (Å²) < 4.78 is 57.8. The van der Waals surface area contributed by atoms with E-state index in [9.17, 15) is 17.6 Å². The number of ether oxygens (including phenoxy) is 3. The third-order valence-corrected chi connectivity index (χ3v) is 6.76. The first kappa shape index (κ1) is 29.2. The smallest absolute Gasteiger partial charge is 0.303 e. The van der Waals surface area contributed by atoms with Crippen LogP contribution < -0.4 is 19.1 Å². The number of morpholine rings is 1. The van der Waals surface area contributed by atoms with Gasteiger partial charge in [-0.05, 0) is 25.0 Å². The second-order valence-corrected chi connectivity index (χ2v) is 11.1. The van der Waals surface area contributed by atoms with E-state index in [2.05, 4.69) is 9.71 Å². The molecule has 12 nitrogen and oxygen atoms in total. The lowest BCUT2D eigenvalue weighted by atomic mass is 10.1. The van der Waals surface area contributed by atoms with E-state index in [0.717, 1.165) is 19.1 Å². The van der Waals surface area contributed by atoms with Crippen molar-refractivity contribution < 1.29 is 36.9 Å². The molecule has 1 aliphatic rings. The van der Waals surface area contributed by atoms with E-state index in [-0.39, 0.29) is 23.7 Å². The number of hydrogen-bond donors (Lipinski definition) is 2. The Kier molecular flexibility index (Phi) is 9.53. The molecular formula is C26H32FN5O7S. The fraction of sp³-hybridized carbons (Fsp3) is 0.462. The van der Waals surface area contributed by atoms with Crippen LogP contribution in [0, 0.1) is 5.82 Å². The summed E-state index contributed by atoms with van der Waals surface area (Å²) in [5.74, 6) is -0.664. The van der Waals surface area contributed by atoms with Crippen molar-refractivity contribution in [2.24, 2.45) is 0 Å². The van der Waals surface area contributed by atoms with E-state index in [1.807, 2.05) is 4.90 Å². The summed E-state index contributed by atoms with van der Waals surface area (Å²) in [4.78, 5) is 26.4. The van der Waals surface area contributed by atoms with E-state index >= 15 is 0 Å². The molecule has 0 saturated carbocycles. The molecule has 4 rings (SSSR count). The van der Waals surface area contributed by atoms with Crippen LogP contribution in [0.4, 0.5) is 16.0 Å². The number of aromatic nitrogens is 3. The minimum atomic E-state index is -3.65. The van der Waals surface area contributed by atoms with Crippen LogP contribution in [0.1, 0.15) is 32.1 Å². The van der Waals surface area contributed by atoms with Gasteiger partial charge in [0.15, 0.2) is 0 Å². The van der Waals surface area contributed by atoms with Crippen LogP contribution in [0.5, 0.6) is 11.6 Å². The first-order chi connectivity index (χ1) is 19.1. The van der Waals surface area contributed by atoms with E-state index in [0.29, 0.717) is 73.9 Å². The second kappa shape index (κ2) is 13.0. The zero-order valence-electron chi connectivity index (χ0n) is 22.4. The van der Waals surface area contributed by atoms with Gasteiger partial charge in [-0.25, -0.2) is 27.8 Å². The van der Waals surface area contributed by atoms with Crippen LogP contribution in [0.3, 0.4) is 0 Å². The zero-order valence-corrected chi connectivity index (χ0v) is 23.2. The van der Waals surface area contributed by atoms with Gasteiger partial charge >= 0.3 is 5.97 Å². The van der Waals surface area contributed by atoms with Gasteiger partial charge in [0, 0.05) is 42.7 Å². The third kappa shape index (κ3) is 7.66. The number of unbranched alkanes of at least 4 members (excludes halogenated alkanes) is 3. The van der Waals surface area contributed by atoms with Gasteiger partial charge in [0.2, 0.25) is 21.9 Å². The van der Waals surface area contributed by atoms with E-state index in [1.165, 1.54) is 31.5 Å². The fourth-order valence-corrected chi connectivity index (χ4v) is 4.87. The van der Waals surface area contributed by atoms with E-state index < -0.39 is 21.8 Å². The normalized spacial score (nSPS) is 13.8. The van der Waals surface area contributed by atoms with Crippen molar-refractivity contribution in [3.63, 3.8) is 0 Å². The number of benzene rings is 1. The summed E-state index contributed by atoms with van der Waals surface area (Å²) in [5.41, 5.74) is 1.27. The lowest BCUT2D eigenvalue weighted by Gasteiger charge is -2.27. The summed E-state index contributed by atoms with van der Waals surface area (Å²) in [5, 5.41) is 9.15. The lowest BCUT2D eigenvalue weighted by Crippen LogP contribution is -2.37. The van der Waals surface area contributed by atoms with Crippen molar-refractivity contribution in [3.8, 4) is 22.9 Å². The number of anilines is 2. The van der Waals surface area contributed by atoms with Gasteiger partial charge in [0.25, 0.3) is 0 Å². The number of nitrogens with zero attached hydrogens (tertiary/aromatic N) is 4. The minimum Gasteiger partial charge on any atom is -0.491 e. The standard InChI is InChI=1S/C26H32FN5O7S/c1-37-25-20(31-40(2,35)36)13-17(16-28-25)23-19-14-18(27)15-21(39-10-6-4-3-5-7-22(33)34)24(19)30-26(29-23)32-8-11-38-12-9-32/h13-16,31H,3-12H2,1-2H3,(H,33,34). The molecule has 0 atom stereocenters. The van der Waals surface area contributed by atoms with Gasteiger partial charge in [-0.2, -0.15) is 0 Å². The second-order valence-electron chi connectivity index (χ2n) is 9.33. The van der Waals surface area contributed by atoms with Gasteiger partial charge < -0.3 is 24.2 Å². The topological polar surface area (TPSA) is 153 Å². The van der Waals surface area contributed by atoms with Gasteiger partial charge in [0.05, 0.1) is 38.9 Å². The Morgan fingerprint density at radius 2 is 1.90 bits per heavy atom. The Bertz CT molecular complexity index is 1470. The number of sulfonamides is 1. The van der Waals surface area contributed by atoms with Gasteiger partial charge in [-0.15, -0.1) is 0 Å². The Balaban J connectivity index is 1.73. The average molecular weight is 578 g/mol. The molecule has 0 radical (unpaired) electrons. The number of aliphatic carboxylic acids is 1. The van der Waals surface area contributed by atoms with Crippen molar-refractivity contribution in [2.75, 3.05) is 55.9 Å². The molecule has 40 heavy (non-hydrogen) atoms. The quantitative estimate of drug-likeness (QED) is 0.287. The molecule has 3 heterocycles. The summed E-state index contributed by atoms with van der Waals surface area (Å²) >= 11 is 0. The fourth-order valence-electron chi connectivity index (χ4n) is 4.32. The van der Waals surface area contributed by atoms with Crippen molar-refractivity contribution in [1.29, 1.82) is 0 Å². The summed E-state index contributed by atoms with van der Waals surface area (Å²) in [6.07, 6.45) is 5.38. The number of methoxy groups -OCH3 is 1. The highest BCUT2D eigenvalue weighted by Crippen LogP contribution is 2.36. The Morgan fingerprint density at radius 1 is 1.15 bits per heavy atom. The molecule has 2 aromatic heterocycles. The molecule has 3 aromatic rings. The molecule has 0 aliphatic carbocycles. The number of hydrogen-bond acceptors (Lipinski definition) is 10. The van der Waals surface area contributed by atoms with Crippen LogP contribution in [0.2, 0.25) is 0 Å². The molecule has 0 amide bonds. The zero-order chi connectivity index (χ0) is 28.7. The average Bonchev–Trinajstić information content (AvgIpc) is 2.91. The maximum Gasteiger partial charge on any atom is 0.303 e.